The van der Waals surface area contributed by atoms with E-state index >= 15 is 0 Å². The summed E-state index contributed by atoms with van der Waals surface area (Å²) in [5, 5.41) is 0. The van der Waals surface area contributed by atoms with Gasteiger partial charge in [-0.1, -0.05) is 13.3 Å². The standard InChI is InChI=1S/C7H16N2O2/c1-2-3-4-11-5-6(8)7(9)10/h6H,2-5,8H2,1H3,(H2,9,10). The molecule has 0 aromatic carbocycles. The third-order valence-electron chi connectivity index (χ3n) is 1.31. The molecule has 1 unspecified atom stereocenters. The first-order valence-electron chi connectivity index (χ1n) is 3.81. The van der Waals surface area contributed by atoms with Crippen molar-refractivity contribution >= 4 is 5.91 Å². The Kier molecular flexibility index (Phi) is 5.78. The highest BCUT2D eigenvalue weighted by Gasteiger charge is 2.07. The quantitative estimate of drug-likeness (QED) is 0.520. The van der Waals surface area contributed by atoms with Crippen LogP contribution in [0, 0.1) is 0 Å². The lowest BCUT2D eigenvalue weighted by Crippen LogP contribution is -2.40. The summed E-state index contributed by atoms with van der Waals surface area (Å²) in [6, 6.07) is -0.660. The molecule has 0 fully saturated rings. The Balaban J connectivity index is 3.17. The Hall–Kier alpha value is -0.610. The molecule has 0 heterocycles. The van der Waals surface area contributed by atoms with Crippen LogP contribution in [0.3, 0.4) is 0 Å². The van der Waals surface area contributed by atoms with Gasteiger partial charge in [0.1, 0.15) is 6.04 Å². The summed E-state index contributed by atoms with van der Waals surface area (Å²) < 4.78 is 5.07. The van der Waals surface area contributed by atoms with Crippen LogP contribution in [0.25, 0.3) is 0 Å². The summed E-state index contributed by atoms with van der Waals surface area (Å²) in [6.07, 6.45) is 2.07. The van der Waals surface area contributed by atoms with Gasteiger partial charge >= 0.3 is 0 Å². The van der Waals surface area contributed by atoms with Gasteiger partial charge in [-0.15, -0.1) is 0 Å². The monoisotopic (exact) mass is 160 g/mol. The molecule has 0 aromatic heterocycles. The van der Waals surface area contributed by atoms with E-state index in [4.69, 9.17) is 16.2 Å². The lowest BCUT2D eigenvalue weighted by molar-refractivity contribution is -0.120. The minimum absolute atomic E-state index is 0.231. The number of ether oxygens (including phenoxy) is 1. The van der Waals surface area contributed by atoms with E-state index in [0.29, 0.717) is 6.61 Å². The molecule has 4 N–H and O–H groups in total. The molecule has 0 saturated carbocycles. The van der Waals surface area contributed by atoms with Crippen LogP contribution in [0.2, 0.25) is 0 Å². The third kappa shape index (κ3) is 5.82. The normalized spacial score (nSPS) is 12.9. The highest BCUT2D eigenvalue weighted by molar-refractivity contribution is 5.79. The van der Waals surface area contributed by atoms with Crippen LogP contribution in [0.15, 0.2) is 0 Å². The molecule has 0 spiro atoms. The van der Waals surface area contributed by atoms with Crippen LogP contribution in [-0.4, -0.2) is 25.2 Å². The zero-order valence-electron chi connectivity index (χ0n) is 6.88. The van der Waals surface area contributed by atoms with Crippen molar-refractivity contribution in [2.75, 3.05) is 13.2 Å². The number of rotatable bonds is 6. The predicted molar refractivity (Wildman–Crippen MR) is 42.9 cm³/mol. The van der Waals surface area contributed by atoms with Crippen LogP contribution in [0.1, 0.15) is 19.8 Å². The second kappa shape index (κ2) is 6.12. The molecule has 1 amide bonds. The molecule has 0 aromatic rings. The number of unbranched alkanes of at least 4 members (excludes halogenated alkanes) is 1. The lowest BCUT2D eigenvalue weighted by atomic mass is 10.3. The van der Waals surface area contributed by atoms with Gasteiger partial charge in [-0.05, 0) is 6.42 Å². The first kappa shape index (κ1) is 10.4. The molecule has 0 bridgehead atoms. The summed E-state index contributed by atoms with van der Waals surface area (Å²) in [7, 11) is 0. The van der Waals surface area contributed by atoms with Crippen molar-refractivity contribution in [3.63, 3.8) is 0 Å². The highest BCUT2D eigenvalue weighted by atomic mass is 16.5. The first-order chi connectivity index (χ1) is 5.18. The van der Waals surface area contributed by atoms with Gasteiger partial charge in [0.05, 0.1) is 6.61 Å². The first-order valence-corrected chi connectivity index (χ1v) is 3.81. The van der Waals surface area contributed by atoms with Crippen LogP contribution in [-0.2, 0) is 9.53 Å². The molecule has 0 aliphatic carbocycles. The maximum Gasteiger partial charge on any atom is 0.236 e. The van der Waals surface area contributed by atoms with Crippen molar-refractivity contribution in [3.8, 4) is 0 Å². The van der Waals surface area contributed by atoms with E-state index in [1.165, 1.54) is 0 Å². The van der Waals surface area contributed by atoms with Gasteiger partial charge in [0.2, 0.25) is 5.91 Å². The van der Waals surface area contributed by atoms with Gasteiger partial charge in [-0.3, -0.25) is 4.79 Å². The van der Waals surface area contributed by atoms with E-state index in [1.54, 1.807) is 0 Å². The summed E-state index contributed by atoms with van der Waals surface area (Å²) in [5.74, 6) is -0.513. The van der Waals surface area contributed by atoms with Gasteiger partial charge in [0.15, 0.2) is 0 Å². The Morgan fingerprint density at radius 2 is 2.27 bits per heavy atom. The van der Waals surface area contributed by atoms with E-state index in [9.17, 15) is 4.79 Å². The number of amides is 1. The molecule has 4 heteroatoms. The van der Waals surface area contributed by atoms with Gasteiger partial charge in [0.25, 0.3) is 0 Å². The zero-order valence-corrected chi connectivity index (χ0v) is 6.88. The topological polar surface area (TPSA) is 78.3 Å². The molecule has 0 aliphatic heterocycles. The van der Waals surface area contributed by atoms with E-state index < -0.39 is 11.9 Å². The summed E-state index contributed by atoms with van der Waals surface area (Å²) in [6.45, 7) is 2.95. The zero-order chi connectivity index (χ0) is 8.69. The molecule has 0 aliphatic rings. The predicted octanol–water partition coefficient (Wildman–Crippen LogP) is -0.384. The van der Waals surface area contributed by atoms with E-state index in [1.807, 2.05) is 0 Å². The molecular formula is C7H16N2O2. The Labute approximate surface area is 66.9 Å². The average Bonchev–Trinajstić information content (AvgIpc) is 1.97. The van der Waals surface area contributed by atoms with Crippen molar-refractivity contribution in [1.82, 2.24) is 0 Å². The van der Waals surface area contributed by atoms with Crippen molar-refractivity contribution in [2.24, 2.45) is 11.5 Å². The second-order valence-electron chi connectivity index (χ2n) is 2.44. The maximum atomic E-state index is 10.4. The van der Waals surface area contributed by atoms with Crippen molar-refractivity contribution < 1.29 is 9.53 Å². The molecule has 0 radical (unpaired) electrons. The van der Waals surface area contributed by atoms with E-state index in [-0.39, 0.29) is 6.61 Å². The second-order valence-corrected chi connectivity index (χ2v) is 2.44. The van der Waals surface area contributed by atoms with Crippen molar-refractivity contribution in [3.05, 3.63) is 0 Å². The lowest BCUT2D eigenvalue weighted by Gasteiger charge is -2.07. The average molecular weight is 160 g/mol. The summed E-state index contributed by atoms with van der Waals surface area (Å²) in [4.78, 5) is 10.4. The molecule has 11 heavy (non-hydrogen) atoms. The van der Waals surface area contributed by atoms with E-state index in [0.717, 1.165) is 12.8 Å². The van der Waals surface area contributed by atoms with Gasteiger partial charge in [-0.25, -0.2) is 0 Å². The number of hydrogen-bond acceptors (Lipinski definition) is 3. The fourth-order valence-corrected chi connectivity index (χ4v) is 0.539. The number of carbonyl (C=O) groups is 1. The summed E-state index contributed by atoms with van der Waals surface area (Å²) >= 11 is 0. The highest BCUT2D eigenvalue weighted by Crippen LogP contribution is 1.88. The Bertz CT molecular complexity index is 117. The molecule has 66 valence electrons. The van der Waals surface area contributed by atoms with E-state index in [2.05, 4.69) is 6.92 Å². The largest absolute Gasteiger partial charge is 0.379 e. The molecule has 4 nitrogen and oxygen atoms in total. The number of carbonyl (C=O) groups excluding carboxylic acids is 1. The molecule has 1 atom stereocenters. The van der Waals surface area contributed by atoms with Gasteiger partial charge in [0, 0.05) is 6.61 Å². The number of hydrogen-bond donors (Lipinski definition) is 2. The fraction of sp³-hybridized carbons (Fsp3) is 0.857. The van der Waals surface area contributed by atoms with Crippen LogP contribution >= 0.6 is 0 Å². The van der Waals surface area contributed by atoms with Gasteiger partial charge < -0.3 is 16.2 Å². The van der Waals surface area contributed by atoms with Crippen LogP contribution in [0.4, 0.5) is 0 Å². The minimum Gasteiger partial charge on any atom is -0.379 e. The Morgan fingerprint density at radius 3 is 2.73 bits per heavy atom. The van der Waals surface area contributed by atoms with Crippen LogP contribution in [0.5, 0.6) is 0 Å². The molecular weight excluding hydrogens is 144 g/mol. The van der Waals surface area contributed by atoms with Crippen molar-refractivity contribution in [2.45, 2.75) is 25.8 Å². The maximum absolute atomic E-state index is 10.4. The fourth-order valence-electron chi connectivity index (χ4n) is 0.539. The molecule has 0 rings (SSSR count). The minimum atomic E-state index is -0.660. The summed E-state index contributed by atoms with van der Waals surface area (Å²) in [5.41, 5.74) is 10.2. The SMILES string of the molecule is CCCCOCC(N)C(N)=O. The van der Waals surface area contributed by atoms with Crippen LogP contribution < -0.4 is 11.5 Å². The number of primary amides is 1. The third-order valence-corrected chi connectivity index (χ3v) is 1.31. The van der Waals surface area contributed by atoms with Crippen molar-refractivity contribution in [1.29, 1.82) is 0 Å². The Morgan fingerprint density at radius 1 is 1.64 bits per heavy atom. The van der Waals surface area contributed by atoms with Gasteiger partial charge in [-0.2, -0.15) is 0 Å². The molecule has 0 saturated heterocycles. The smallest absolute Gasteiger partial charge is 0.236 e. The number of nitrogens with two attached hydrogens (primary N) is 2.